The van der Waals surface area contributed by atoms with Crippen LogP contribution in [0.2, 0.25) is 0 Å². The van der Waals surface area contributed by atoms with E-state index in [2.05, 4.69) is 20.6 Å². The molecule has 0 aliphatic heterocycles. The van der Waals surface area contributed by atoms with Crippen molar-refractivity contribution in [2.75, 3.05) is 11.9 Å². The molecule has 0 aliphatic carbocycles. The molecule has 2 heterocycles. The summed E-state index contributed by atoms with van der Waals surface area (Å²) < 4.78 is 0. The molecule has 0 spiro atoms. The van der Waals surface area contributed by atoms with E-state index >= 15 is 0 Å². The number of aromatic nitrogens is 2. The number of hydrogen-bond donors (Lipinski definition) is 2. The van der Waals surface area contributed by atoms with Gasteiger partial charge in [0.15, 0.2) is 0 Å². The highest BCUT2D eigenvalue weighted by molar-refractivity contribution is 5.93. The quantitative estimate of drug-likeness (QED) is 0.873. The number of anilines is 1. The summed E-state index contributed by atoms with van der Waals surface area (Å²) in [6.07, 6.45) is 5.13. The predicted octanol–water partition coefficient (Wildman–Crippen LogP) is 2.15. The Kier molecular flexibility index (Phi) is 4.65. The number of amides is 1. The lowest BCUT2D eigenvalue weighted by atomic mass is 10.1. The number of rotatable bonds is 5. The van der Waals surface area contributed by atoms with Gasteiger partial charge in [0.25, 0.3) is 5.91 Å². The zero-order valence-corrected chi connectivity index (χ0v) is 11.7. The third kappa shape index (κ3) is 3.54. The van der Waals surface area contributed by atoms with Crippen LogP contribution < -0.4 is 10.6 Å². The summed E-state index contributed by atoms with van der Waals surface area (Å²) in [5.74, 6) is -0.187. The molecule has 20 heavy (non-hydrogen) atoms. The van der Waals surface area contributed by atoms with Crippen molar-refractivity contribution in [1.29, 1.82) is 0 Å². The van der Waals surface area contributed by atoms with Crippen molar-refractivity contribution in [3.8, 4) is 0 Å². The zero-order valence-electron chi connectivity index (χ0n) is 11.7. The minimum Gasteiger partial charge on any atom is -0.385 e. The normalized spacial score (nSPS) is 10.1. The largest absolute Gasteiger partial charge is 0.385 e. The molecule has 0 saturated carbocycles. The van der Waals surface area contributed by atoms with E-state index in [-0.39, 0.29) is 5.91 Å². The molecule has 0 aromatic carbocycles. The molecule has 2 aromatic heterocycles. The van der Waals surface area contributed by atoms with Crippen LogP contribution in [-0.2, 0) is 6.54 Å². The van der Waals surface area contributed by atoms with Crippen LogP contribution in [0.4, 0.5) is 5.69 Å². The maximum Gasteiger partial charge on any atom is 0.270 e. The number of aryl methyl sites for hydroxylation is 1. The van der Waals surface area contributed by atoms with E-state index in [9.17, 15) is 4.79 Å². The van der Waals surface area contributed by atoms with E-state index in [4.69, 9.17) is 0 Å². The van der Waals surface area contributed by atoms with Gasteiger partial charge in [-0.15, -0.1) is 0 Å². The second-order valence-corrected chi connectivity index (χ2v) is 4.44. The van der Waals surface area contributed by atoms with Gasteiger partial charge in [-0.25, -0.2) is 0 Å². The number of carbonyl (C=O) groups excluding carboxylic acids is 1. The second-order valence-electron chi connectivity index (χ2n) is 4.44. The van der Waals surface area contributed by atoms with Crippen molar-refractivity contribution < 1.29 is 4.79 Å². The van der Waals surface area contributed by atoms with E-state index in [0.29, 0.717) is 12.2 Å². The van der Waals surface area contributed by atoms with E-state index in [1.54, 1.807) is 24.7 Å². The van der Waals surface area contributed by atoms with Gasteiger partial charge >= 0.3 is 0 Å². The highest BCUT2D eigenvalue weighted by Crippen LogP contribution is 2.08. The fourth-order valence-corrected chi connectivity index (χ4v) is 1.82. The molecule has 0 bridgehead atoms. The highest BCUT2D eigenvalue weighted by atomic mass is 16.1. The fourth-order valence-electron chi connectivity index (χ4n) is 1.82. The molecule has 1 amide bonds. The molecular formula is C15H18N4O. The maximum absolute atomic E-state index is 12.1. The number of nitrogens with zero attached hydrogens (tertiary/aromatic N) is 2. The summed E-state index contributed by atoms with van der Waals surface area (Å²) in [5, 5.41) is 6.01. The van der Waals surface area contributed by atoms with Crippen LogP contribution in [0.15, 0.2) is 36.8 Å². The van der Waals surface area contributed by atoms with Crippen LogP contribution in [0.3, 0.4) is 0 Å². The Balaban J connectivity index is 2.01. The van der Waals surface area contributed by atoms with E-state index < -0.39 is 0 Å². The lowest BCUT2D eigenvalue weighted by Gasteiger charge is -2.08. The first kappa shape index (κ1) is 14.0. The van der Waals surface area contributed by atoms with Gasteiger partial charge in [0.2, 0.25) is 0 Å². The van der Waals surface area contributed by atoms with Crippen LogP contribution >= 0.6 is 0 Å². The summed E-state index contributed by atoms with van der Waals surface area (Å²) in [6, 6.07) is 5.51. The Morgan fingerprint density at radius 2 is 2.15 bits per heavy atom. The smallest absolute Gasteiger partial charge is 0.270 e. The molecule has 5 heteroatoms. The fraction of sp³-hybridized carbons (Fsp3) is 0.267. The van der Waals surface area contributed by atoms with Crippen LogP contribution in [-0.4, -0.2) is 22.4 Å². The zero-order chi connectivity index (χ0) is 14.4. The van der Waals surface area contributed by atoms with Crippen LogP contribution in [0.25, 0.3) is 0 Å². The third-order valence-electron chi connectivity index (χ3n) is 2.96. The average Bonchev–Trinajstić information content (AvgIpc) is 2.47. The Hall–Kier alpha value is -2.43. The van der Waals surface area contributed by atoms with E-state index in [1.165, 1.54) is 0 Å². The van der Waals surface area contributed by atoms with Crippen molar-refractivity contribution in [3.05, 3.63) is 53.6 Å². The van der Waals surface area contributed by atoms with Gasteiger partial charge in [0.1, 0.15) is 5.69 Å². The molecule has 2 N–H and O–H groups in total. The van der Waals surface area contributed by atoms with Crippen molar-refractivity contribution in [3.63, 3.8) is 0 Å². The summed E-state index contributed by atoms with van der Waals surface area (Å²) in [7, 11) is 0. The lowest BCUT2D eigenvalue weighted by Crippen LogP contribution is -2.24. The summed E-state index contributed by atoms with van der Waals surface area (Å²) in [4.78, 5) is 20.2. The summed E-state index contributed by atoms with van der Waals surface area (Å²) in [6.45, 7) is 5.25. The predicted molar refractivity (Wildman–Crippen MR) is 78.5 cm³/mol. The molecular weight excluding hydrogens is 252 g/mol. The Bertz CT molecular complexity index is 598. The van der Waals surface area contributed by atoms with Crippen LogP contribution in [0.1, 0.15) is 28.5 Å². The summed E-state index contributed by atoms with van der Waals surface area (Å²) in [5.41, 5.74) is 3.41. The summed E-state index contributed by atoms with van der Waals surface area (Å²) >= 11 is 0. The molecule has 0 atom stereocenters. The molecule has 0 aliphatic rings. The Morgan fingerprint density at radius 1 is 1.30 bits per heavy atom. The van der Waals surface area contributed by atoms with Gasteiger partial charge < -0.3 is 10.6 Å². The highest BCUT2D eigenvalue weighted by Gasteiger charge is 2.08. The number of pyridine rings is 2. The lowest BCUT2D eigenvalue weighted by molar-refractivity contribution is 0.0946. The molecule has 0 unspecified atom stereocenters. The monoisotopic (exact) mass is 270 g/mol. The minimum absolute atomic E-state index is 0.187. The van der Waals surface area contributed by atoms with Crippen LogP contribution in [0, 0.1) is 6.92 Å². The number of nitrogens with one attached hydrogen (secondary N) is 2. The van der Waals surface area contributed by atoms with Crippen molar-refractivity contribution in [1.82, 2.24) is 15.3 Å². The maximum atomic E-state index is 12.1. The first-order valence-corrected chi connectivity index (χ1v) is 6.58. The number of carbonyl (C=O) groups is 1. The molecule has 104 valence electrons. The second kappa shape index (κ2) is 6.65. The van der Waals surface area contributed by atoms with Crippen molar-refractivity contribution >= 4 is 11.6 Å². The molecule has 0 fully saturated rings. The van der Waals surface area contributed by atoms with E-state index in [0.717, 1.165) is 23.4 Å². The van der Waals surface area contributed by atoms with Gasteiger partial charge in [0.05, 0.1) is 0 Å². The van der Waals surface area contributed by atoms with Gasteiger partial charge in [-0.3, -0.25) is 14.8 Å². The number of hydrogen-bond acceptors (Lipinski definition) is 4. The van der Waals surface area contributed by atoms with E-state index in [1.807, 2.05) is 26.0 Å². The Labute approximate surface area is 118 Å². The van der Waals surface area contributed by atoms with Gasteiger partial charge in [-0.05, 0) is 43.2 Å². The Morgan fingerprint density at radius 3 is 2.90 bits per heavy atom. The van der Waals surface area contributed by atoms with Gasteiger partial charge in [-0.2, -0.15) is 0 Å². The first-order valence-electron chi connectivity index (χ1n) is 6.58. The molecule has 5 nitrogen and oxygen atoms in total. The standard InChI is InChI=1S/C15H18N4O/c1-3-17-13-5-7-18-14(8-13)15(20)19-10-12-9-16-6-4-11(12)2/h4-9H,3,10H2,1-2H3,(H,17,18)(H,19,20). The molecule has 0 radical (unpaired) electrons. The molecule has 0 saturated heterocycles. The van der Waals surface area contributed by atoms with Gasteiger partial charge in [-0.1, -0.05) is 0 Å². The topological polar surface area (TPSA) is 66.9 Å². The minimum atomic E-state index is -0.187. The first-order chi connectivity index (χ1) is 9.70. The third-order valence-corrected chi connectivity index (χ3v) is 2.96. The SMILES string of the molecule is CCNc1ccnc(C(=O)NCc2cnccc2C)c1. The molecule has 2 aromatic rings. The average molecular weight is 270 g/mol. The van der Waals surface area contributed by atoms with Crippen LogP contribution in [0.5, 0.6) is 0 Å². The van der Waals surface area contributed by atoms with Crippen molar-refractivity contribution in [2.45, 2.75) is 20.4 Å². The van der Waals surface area contributed by atoms with Crippen molar-refractivity contribution in [2.24, 2.45) is 0 Å². The van der Waals surface area contributed by atoms with Gasteiger partial charge in [0, 0.05) is 37.4 Å². The molecule has 2 rings (SSSR count).